The largest absolute Gasteiger partial charge is 0.344 e. The summed E-state index contributed by atoms with van der Waals surface area (Å²) in [6, 6.07) is 0. The summed E-state index contributed by atoms with van der Waals surface area (Å²) in [4.78, 5) is 6.57. The Morgan fingerprint density at radius 3 is 2.50 bits per heavy atom. The highest BCUT2D eigenvalue weighted by Gasteiger charge is 2.03. The van der Waals surface area contributed by atoms with E-state index in [9.17, 15) is 0 Å². The molecule has 0 aliphatic heterocycles. The molecule has 1 aromatic heterocycles. The molecule has 0 saturated carbocycles. The van der Waals surface area contributed by atoms with E-state index in [1.54, 1.807) is 12.4 Å². The summed E-state index contributed by atoms with van der Waals surface area (Å²) in [5.41, 5.74) is 0. The van der Waals surface area contributed by atoms with Crippen LogP contribution in [0.3, 0.4) is 0 Å². The Hall–Kier alpha value is -0.180. The van der Waals surface area contributed by atoms with E-state index in [0.29, 0.717) is 5.82 Å². The molecule has 1 rings (SSSR count). The molecule has 0 aliphatic rings. The lowest BCUT2D eigenvalue weighted by Gasteiger charge is -1.90. The number of nitrogens with one attached hydrogen (secondary N) is 1. The number of aromatic nitrogens is 2. The van der Waals surface area contributed by atoms with Crippen LogP contribution in [0.4, 0.5) is 0 Å². The zero-order valence-corrected chi connectivity index (χ0v) is 7.00. The van der Waals surface area contributed by atoms with E-state index in [2.05, 4.69) is 9.97 Å². The molecule has 0 spiro atoms. The smallest absolute Gasteiger partial charge is 0.151 e. The quantitative estimate of drug-likeness (QED) is 0.737. The van der Waals surface area contributed by atoms with Crippen LogP contribution in [0.5, 0.6) is 0 Å². The van der Waals surface area contributed by atoms with E-state index >= 15 is 0 Å². The second kappa shape index (κ2) is 3.28. The molecule has 0 saturated heterocycles. The molecule has 0 atom stereocenters. The number of imidazole rings is 1. The maximum absolute atomic E-state index is 5.60. The first-order valence-corrected chi connectivity index (χ1v) is 3.55. The minimum absolute atomic E-state index is 0.0108. The lowest BCUT2D eigenvalue weighted by molar-refractivity contribution is 1.26. The molecule has 0 aromatic carbocycles. The highest BCUT2D eigenvalue weighted by Crippen LogP contribution is 2.24. The number of aromatic amines is 1. The van der Waals surface area contributed by atoms with Crippen LogP contribution in [0, 0.1) is 0 Å². The van der Waals surface area contributed by atoms with Crippen LogP contribution >= 0.6 is 34.8 Å². The molecule has 1 aromatic rings. The fraction of sp³-hybridized carbons (Fsp3) is 0. The Bertz CT molecular complexity index is 235. The van der Waals surface area contributed by atoms with Gasteiger partial charge in [0, 0.05) is 12.4 Å². The van der Waals surface area contributed by atoms with Gasteiger partial charge < -0.3 is 4.98 Å². The Labute approximate surface area is 72.8 Å². The standard InChI is InChI=1S/C5H3Cl3N2/c6-3(4(7)8)5-9-1-2-10-5/h1-2H,(H,9,10). The highest BCUT2D eigenvalue weighted by atomic mass is 35.5. The van der Waals surface area contributed by atoms with Crippen LogP contribution in [0.1, 0.15) is 5.82 Å². The van der Waals surface area contributed by atoms with Crippen molar-refractivity contribution in [3.8, 4) is 0 Å². The Kier molecular flexibility index (Phi) is 2.60. The van der Waals surface area contributed by atoms with Crippen LogP contribution in [-0.4, -0.2) is 9.97 Å². The monoisotopic (exact) mass is 196 g/mol. The van der Waals surface area contributed by atoms with Crippen molar-refractivity contribution in [1.29, 1.82) is 0 Å². The summed E-state index contributed by atoms with van der Waals surface area (Å²) in [6.45, 7) is 0. The third-order valence-corrected chi connectivity index (χ3v) is 1.81. The van der Waals surface area contributed by atoms with Crippen molar-refractivity contribution < 1.29 is 0 Å². The molecule has 0 radical (unpaired) electrons. The number of hydrogen-bond acceptors (Lipinski definition) is 1. The van der Waals surface area contributed by atoms with Crippen LogP contribution in [-0.2, 0) is 0 Å². The van der Waals surface area contributed by atoms with Gasteiger partial charge in [0.1, 0.15) is 9.52 Å². The predicted molar refractivity (Wildman–Crippen MR) is 43.1 cm³/mol. The van der Waals surface area contributed by atoms with Gasteiger partial charge in [-0.3, -0.25) is 0 Å². The molecule has 54 valence electrons. The Balaban J connectivity index is 2.99. The van der Waals surface area contributed by atoms with Gasteiger partial charge in [-0.25, -0.2) is 4.98 Å². The first-order valence-electron chi connectivity index (χ1n) is 2.42. The molecule has 0 unspecified atom stereocenters. The van der Waals surface area contributed by atoms with Crippen LogP contribution < -0.4 is 0 Å². The van der Waals surface area contributed by atoms with Crippen molar-refractivity contribution in [2.45, 2.75) is 0 Å². The minimum atomic E-state index is 0.0108. The molecule has 0 amide bonds. The van der Waals surface area contributed by atoms with E-state index in [1.165, 1.54) is 0 Å². The lowest BCUT2D eigenvalue weighted by Crippen LogP contribution is -1.78. The van der Waals surface area contributed by atoms with Crippen molar-refractivity contribution in [2.24, 2.45) is 0 Å². The molecule has 5 heteroatoms. The Morgan fingerprint density at radius 2 is 2.10 bits per heavy atom. The van der Waals surface area contributed by atoms with Gasteiger partial charge in [-0.15, -0.1) is 0 Å². The molecular weight excluding hydrogens is 194 g/mol. The predicted octanol–water partition coefficient (Wildman–Crippen LogP) is 2.75. The van der Waals surface area contributed by atoms with Crippen molar-refractivity contribution in [2.75, 3.05) is 0 Å². The molecular formula is C5H3Cl3N2. The fourth-order valence-electron chi connectivity index (χ4n) is 0.475. The molecule has 10 heavy (non-hydrogen) atoms. The van der Waals surface area contributed by atoms with Gasteiger partial charge >= 0.3 is 0 Å². The van der Waals surface area contributed by atoms with E-state index < -0.39 is 0 Å². The maximum Gasteiger partial charge on any atom is 0.151 e. The van der Waals surface area contributed by atoms with E-state index in [0.717, 1.165) is 0 Å². The van der Waals surface area contributed by atoms with Crippen LogP contribution in [0.2, 0.25) is 0 Å². The van der Waals surface area contributed by atoms with Crippen molar-refractivity contribution in [3.63, 3.8) is 0 Å². The third kappa shape index (κ3) is 1.66. The Morgan fingerprint density at radius 1 is 1.40 bits per heavy atom. The summed E-state index contributed by atoms with van der Waals surface area (Å²) in [5, 5.41) is 0.230. The zero-order chi connectivity index (χ0) is 7.56. The first kappa shape index (κ1) is 7.92. The molecule has 0 bridgehead atoms. The highest BCUT2D eigenvalue weighted by molar-refractivity contribution is 6.66. The van der Waals surface area contributed by atoms with Gasteiger partial charge in [-0.1, -0.05) is 34.8 Å². The van der Waals surface area contributed by atoms with Gasteiger partial charge in [-0.05, 0) is 0 Å². The van der Waals surface area contributed by atoms with Gasteiger partial charge in [0.15, 0.2) is 5.82 Å². The van der Waals surface area contributed by atoms with Crippen molar-refractivity contribution >= 4 is 39.8 Å². The average molecular weight is 197 g/mol. The summed E-state index contributed by atoms with van der Waals surface area (Å²) < 4.78 is 0.0108. The molecule has 0 fully saturated rings. The van der Waals surface area contributed by atoms with E-state index in [1.807, 2.05) is 0 Å². The topological polar surface area (TPSA) is 28.7 Å². The lowest BCUT2D eigenvalue weighted by atomic mass is 10.6. The average Bonchev–Trinajstić information content (AvgIpc) is 2.36. The molecule has 0 aliphatic carbocycles. The number of halogens is 3. The maximum atomic E-state index is 5.60. The number of rotatable bonds is 1. The van der Waals surface area contributed by atoms with Gasteiger partial charge in [0.2, 0.25) is 0 Å². The molecule has 2 nitrogen and oxygen atoms in total. The summed E-state index contributed by atoms with van der Waals surface area (Å²) in [5.74, 6) is 0.474. The molecule has 1 N–H and O–H groups in total. The van der Waals surface area contributed by atoms with Crippen molar-refractivity contribution in [3.05, 3.63) is 22.7 Å². The summed E-state index contributed by atoms with van der Waals surface area (Å²) >= 11 is 16.4. The van der Waals surface area contributed by atoms with Crippen LogP contribution in [0.25, 0.3) is 5.03 Å². The van der Waals surface area contributed by atoms with E-state index in [-0.39, 0.29) is 9.52 Å². The van der Waals surface area contributed by atoms with Gasteiger partial charge in [0.25, 0.3) is 0 Å². The number of hydrogen-bond donors (Lipinski definition) is 1. The summed E-state index contributed by atoms with van der Waals surface area (Å²) in [6.07, 6.45) is 3.20. The minimum Gasteiger partial charge on any atom is -0.344 e. The number of nitrogens with zero attached hydrogens (tertiary/aromatic N) is 1. The van der Waals surface area contributed by atoms with Gasteiger partial charge in [-0.2, -0.15) is 0 Å². The normalized spacial score (nSPS) is 9.50. The van der Waals surface area contributed by atoms with Crippen molar-refractivity contribution in [1.82, 2.24) is 9.97 Å². The third-order valence-electron chi connectivity index (χ3n) is 0.872. The zero-order valence-electron chi connectivity index (χ0n) is 4.74. The second-order valence-electron chi connectivity index (χ2n) is 1.51. The molecule has 1 heterocycles. The van der Waals surface area contributed by atoms with Crippen LogP contribution in [0.15, 0.2) is 16.9 Å². The van der Waals surface area contributed by atoms with Gasteiger partial charge in [0.05, 0.1) is 0 Å². The van der Waals surface area contributed by atoms with E-state index in [4.69, 9.17) is 34.8 Å². The SMILES string of the molecule is ClC(Cl)=C(Cl)c1ncc[nH]1. The fourth-order valence-corrected chi connectivity index (χ4v) is 0.757. The second-order valence-corrected chi connectivity index (χ2v) is 2.84. The summed E-state index contributed by atoms with van der Waals surface area (Å²) in [7, 11) is 0. The number of H-pyrrole nitrogens is 1. The first-order chi connectivity index (χ1) is 4.72.